The molecule has 4 nitrogen and oxygen atoms in total. The van der Waals surface area contributed by atoms with Gasteiger partial charge in [0, 0.05) is 18.6 Å². The lowest BCUT2D eigenvalue weighted by molar-refractivity contribution is 0.402. The lowest BCUT2D eigenvalue weighted by Crippen LogP contribution is -2.35. The minimum atomic E-state index is -3.00. The molecule has 106 valence electrons. The molecule has 0 bridgehead atoms. The van der Waals surface area contributed by atoms with Crippen LogP contribution in [0.25, 0.3) is 0 Å². The van der Waals surface area contributed by atoms with Gasteiger partial charge in [0.15, 0.2) is 0 Å². The maximum atomic E-state index is 12.2. The summed E-state index contributed by atoms with van der Waals surface area (Å²) in [7, 11) is -3.00. The van der Waals surface area contributed by atoms with Crippen molar-refractivity contribution in [3.8, 4) is 0 Å². The summed E-state index contributed by atoms with van der Waals surface area (Å²) in [6.07, 6.45) is 7.38. The van der Waals surface area contributed by atoms with Crippen LogP contribution in [0.4, 0.5) is 0 Å². The number of nitrogens with zero attached hydrogens (tertiary/aromatic N) is 1. The molecular formula is C13H26N2O2S. The van der Waals surface area contributed by atoms with Crippen LogP contribution in [0.3, 0.4) is 0 Å². The van der Waals surface area contributed by atoms with Crippen molar-refractivity contribution < 1.29 is 8.42 Å². The van der Waals surface area contributed by atoms with Crippen LogP contribution in [0, 0.1) is 0 Å². The average molecular weight is 274 g/mol. The third-order valence-electron chi connectivity index (χ3n) is 3.59. The van der Waals surface area contributed by atoms with Gasteiger partial charge < -0.3 is 5.32 Å². The van der Waals surface area contributed by atoms with Gasteiger partial charge in [-0.15, -0.1) is 0 Å². The second-order valence-corrected chi connectivity index (χ2v) is 7.63. The van der Waals surface area contributed by atoms with Gasteiger partial charge in [-0.1, -0.05) is 6.92 Å². The van der Waals surface area contributed by atoms with Crippen LogP contribution in [-0.4, -0.2) is 43.6 Å². The summed E-state index contributed by atoms with van der Waals surface area (Å²) in [6, 6.07) is 1.05. The minimum Gasteiger partial charge on any atom is -0.314 e. The molecule has 2 aliphatic rings. The van der Waals surface area contributed by atoms with Gasteiger partial charge in [-0.2, -0.15) is 4.31 Å². The van der Waals surface area contributed by atoms with E-state index in [0.717, 1.165) is 44.7 Å². The zero-order valence-electron chi connectivity index (χ0n) is 11.4. The number of sulfonamides is 1. The SMILES string of the molecule is CCCN(C1CC1)S(=O)(=O)CCCCNC1CC1. The van der Waals surface area contributed by atoms with Crippen molar-refractivity contribution in [2.24, 2.45) is 0 Å². The normalized spacial score (nSPS) is 20.6. The highest BCUT2D eigenvalue weighted by molar-refractivity contribution is 7.89. The zero-order chi connectivity index (χ0) is 13.0. The monoisotopic (exact) mass is 274 g/mol. The molecule has 2 rings (SSSR count). The van der Waals surface area contributed by atoms with E-state index in [1.165, 1.54) is 12.8 Å². The van der Waals surface area contributed by atoms with Crippen LogP contribution in [0.1, 0.15) is 51.9 Å². The molecule has 0 amide bonds. The molecule has 0 radical (unpaired) electrons. The molecule has 0 unspecified atom stereocenters. The predicted molar refractivity (Wildman–Crippen MR) is 74.1 cm³/mol. The topological polar surface area (TPSA) is 49.4 Å². The van der Waals surface area contributed by atoms with Crippen molar-refractivity contribution in [1.82, 2.24) is 9.62 Å². The second-order valence-electron chi connectivity index (χ2n) is 5.59. The van der Waals surface area contributed by atoms with Crippen LogP contribution in [-0.2, 0) is 10.0 Å². The molecule has 1 N–H and O–H groups in total. The van der Waals surface area contributed by atoms with Gasteiger partial charge in [-0.3, -0.25) is 0 Å². The smallest absolute Gasteiger partial charge is 0.214 e. The van der Waals surface area contributed by atoms with E-state index in [9.17, 15) is 8.42 Å². The van der Waals surface area contributed by atoms with Crippen molar-refractivity contribution >= 4 is 10.0 Å². The van der Waals surface area contributed by atoms with Crippen molar-refractivity contribution in [1.29, 1.82) is 0 Å². The zero-order valence-corrected chi connectivity index (χ0v) is 12.2. The molecule has 0 aromatic rings. The van der Waals surface area contributed by atoms with Gasteiger partial charge >= 0.3 is 0 Å². The molecule has 0 saturated heterocycles. The summed E-state index contributed by atoms with van der Waals surface area (Å²) in [5, 5.41) is 3.42. The van der Waals surface area contributed by atoms with Crippen LogP contribution < -0.4 is 5.32 Å². The standard InChI is InChI=1S/C13H26N2O2S/c1-2-10-15(13-7-8-13)18(16,17)11-4-3-9-14-12-5-6-12/h12-14H,2-11H2,1H3. The quantitative estimate of drug-likeness (QED) is 0.617. The highest BCUT2D eigenvalue weighted by Crippen LogP contribution is 2.29. The third-order valence-corrected chi connectivity index (χ3v) is 5.59. The fourth-order valence-electron chi connectivity index (χ4n) is 2.25. The van der Waals surface area contributed by atoms with E-state index >= 15 is 0 Å². The molecule has 0 spiro atoms. The third kappa shape index (κ3) is 4.52. The first kappa shape index (κ1) is 14.3. The Labute approximate surface area is 111 Å². The lowest BCUT2D eigenvalue weighted by atomic mass is 10.3. The summed E-state index contributed by atoms with van der Waals surface area (Å²) in [4.78, 5) is 0. The summed E-state index contributed by atoms with van der Waals surface area (Å²) in [6.45, 7) is 3.72. The fraction of sp³-hybridized carbons (Fsp3) is 1.00. The van der Waals surface area contributed by atoms with Crippen LogP contribution in [0.5, 0.6) is 0 Å². The molecular weight excluding hydrogens is 248 g/mol. The summed E-state index contributed by atoms with van der Waals surface area (Å²) in [5.41, 5.74) is 0. The van der Waals surface area contributed by atoms with E-state index in [2.05, 4.69) is 5.32 Å². The highest BCUT2D eigenvalue weighted by atomic mass is 32.2. The summed E-state index contributed by atoms with van der Waals surface area (Å²) >= 11 is 0. The van der Waals surface area contributed by atoms with Crippen molar-refractivity contribution in [3.05, 3.63) is 0 Å². The number of nitrogens with one attached hydrogen (secondary N) is 1. The maximum absolute atomic E-state index is 12.2. The van der Waals surface area contributed by atoms with Gasteiger partial charge in [0.25, 0.3) is 0 Å². The molecule has 0 atom stereocenters. The Balaban J connectivity index is 1.67. The van der Waals surface area contributed by atoms with Crippen molar-refractivity contribution in [3.63, 3.8) is 0 Å². The molecule has 0 aliphatic heterocycles. The number of hydrogen-bond donors (Lipinski definition) is 1. The number of rotatable bonds is 10. The van der Waals surface area contributed by atoms with Gasteiger partial charge in [0.1, 0.15) is 0 Å². The van der Waals surface area contributed by atoms with E-state index in [4.69, 9.17) is 0 Å². The lowest BCUT2D eigenvalue weighted by Gasteiger charge is -2.21. The molecule has 0 heterocycles. The maximum Gasteiger partial charge on any atom is 0.214 e. The van der Waals surface area contributed by atoms with E-state index in [1.54, 1.807) is 4.31 Å². The first-order valence-corrected chi connectivity index (χ1v) is 8.97. The Bertz CT molecular complexity index is 348. The molecule has 2 saturated carbocycles. The Hall–Kier alpha value is -0.130. The van der Waals surface area contributed by atoms with Crippen LogP contribution in [0.15, 0.2) is 0 Å². The van der Waals surface area contributed by atoms with Crippen LogP contribution >= 0.6 is 0 Å². The largest absolute Gasteiger partial charge is 0.314 e. The predicted octanol–water partition coefficient (Wildman–Crippen LogP) is 1.72. The van der Waals surface area contributed by atoms with E-state index < -0.39 is 10.0 Å². The number of hydrogen-bond acceptors (Lipinski definition) is 3. The summed E-state index contributed by atoms with van der Waals surface area (Å²) in [5.74, 6) is 0.329. The average Bonchev–Trinajstić information content (AvgIpc) is 3.17. The number of unbranched alkanes of at least 4 members (excludes halogenated alkanes) is 1. The van der Waals surface area contributed by atoms with Crippen molar-refractivity contribution in [2.45, 2.75) is 64.0 Å². The second kappa shape index (κ2) is 6.35. The Kier molecular flexibility index (Phi) is 5.04. The first-order valence-electron chi connectivity index (χ1n) is 7.36. The highest BCUT2D eigenvalue weighted by Gasteiger charge is 2.35. The Morgan fingerprint density at radius 1 is 1.17 bits per heavy atom. The molecule has 2 fully saturated rings. The van der Waals surface area contributed by atoms with Gasteiger partial charge in [0.2, 0.25) is 10.0 Å². The van der Waals surface area contributed by atoms with Crippen LogP contribution in [0.2, 0.25) is 0 Å². The molecule has 2 aliphatic carbocycles. The Morgan fingerprint density at radius 3 is 2.44 bits per heavy atom. The van der Waals surface area contributed by atoms with E-state index in [-0.39, 0.29) is 0 Å². The molecule has 18 heavy (non-hydrogen) atoms. The van der Waals surface area contributed by atoms with Gasteiger partial charge in [0.05, 0.1) is 5.75 Å². The fourth-order valence-corrected chi connectivity index (χ4v) is 4.18. The minimum absolute atomic E-state index is 0.319. The molecule has 0 aromatic carbocycles. The Morgan fingerprint density at radius 2 is 1.89 bits per heavy atom. The van der Waals surface area contributed by atoms with Gasteiger partial charge in [-0.25, -0.2) is 8.42 Å². The first-order chi connectivity index (χ1) is 8.63. The molecule has 0 aromatic heterocycles. The van der Waals surface area contributed by atoms with E-state index in [0.29, 0.717) is 18.3 Å². The summed E-state index contributed by atoms with van der Waals surface area (Å²) < 4.78 is 26.2. The van der Waals surface area contributed by atoms with Crippen molar-refractivity contribution in [2.75, 3.05) is 18.8 Å². The molecule has 5 heteroatoms. The van der Waals surface area contributed by atoms with Gasteiger partial charge in [-0.05, 0) is 51.5 Å². The van der Waals surface area contributed by atoms with E-state index in [1.807, 2.05) is 6.92 Å².